The van der Waals surface area contributed by atoms with Gasteiger partial charge in [-0.2, -0.15) is 0 Å². The second-order valence-corrected chi connectivity index (χ2v) is 14.9. The van der Waals surface area contributed by atoms with E-state index in [0.29, 0.717) is 6.42 Å². The average Bonchev–Trinajstić information content (AvgIpc) is 3.03. The molecular weight excluding hydrogens is 615 g/mol. The third-order valence-corrected chi connectivity index (χ3v) is 9.36. The van der Waals surface area contributed by atoms with E-state index in [1.54, 1.807) is 0 Å². The number of phosphoric ester groups is 1. The van der Waals surface area contributed by atoms with Gasteiger partial charge in [0.15, 0.2) is 6.10 Å². The molecule has 0 fully saturated rings. The molecule has 0 unspecified atom stereocenters. The number of esters is 2. The molecule has 0 aliphatic heterocycles. The van der Waals surface area contributed by atoms with Crippen LogP contribution in [0.3, 0.4) is 0 Å². The molecule has 0 saturated carbocycles. The maximum absolute atomic E-state index is 12.3. The lowest BCUT2D eigenvalue weighted by Crippen LogP contribution is -2.29. The largest absolute Gasteiger partial charge is 0.469 e. The minimum Gasteiger partial charge on any atom is -0.462 e. The highest BCUT2D eigenvalue weighted by atomic mass is 31.2. The Bertz CT molecular complexity index is 741. The lowest BCUT2D eigenvalue weighted by atomic mass is 10.0. The molecule has 0 radical (unpaired) electrons. The first kappa shape index (κ1) is 46.0. The molecule has 47 heavy (non-hydrogen) atoms. The summed E-state index contributed by atoms with van der Waals surface area (Å²) in [6.45, 7) is 3.70. The number of carbonyl (C=O) groups is 2. The van der Waals surface area contributed by atoms with Crippen LogP contribution in [0.1, 0.15) is 213 Å². The molecule has 0 amide bonds. The molecule has 0 spiro atoms. The van der Waals surface area contributed by atoms with Crippen molar-refractivity contribution in [2.45, 2.75) is 219 Å². The van der Waals surface area contributed by atoms with Gasteiger partial charge in [0.25, 0.3) is 0 Å². The number of hydrogen-bond acceptors (Lipinski definition) is 6. The van der Waals surface area contributed by atoms with Gasteiger partial charge < -0.3 is 19.3 Å². The molecule has 9 heteroatoms. The smallest absolute Gasteiger partial charge is 0.462 e. The molecule has 0 bridgehead atoms. The fraction of sp³-hybridized carbons (Fsp3) is 0.947. The Morgan fingerprint density at radius 1 is 0.468 bits per heavy atom. The van der Waals surface area contributed by atoms with Crippen LogP contribution >= 0.6 is 7.82 Å². The molecule has 280 valence electrons. The molecular formula is C38H75O8P. The third kappa shape index (κ3) is 37.7. The highest BCUT2D eigenvalue weighted by Gasteiger charge is 2.22. The Labute approximate surface area is 289 Å². The second-order valence-electron chi connectivity index (χ2n) is 13.6. The summed E-state index contributed by atoms with van der Waals surface area (Å²) in [5.41, 5.74) is 0. The minimum absolute atomic E-state index is 0.220. The Morgan fingerprint density at radius 3 is 1.09 bits per heavy atom. The maximum atomic E-state index is 12.3. The van der Waals surface area contributed by atoms with Gasteiger partial charge in [-0.05, 0) is 12.8 Å². The van der Waals surface area contributed by atoms with Crippen LogP contribution in [-0.2, 0) is 28.2 Å². The SMILES string of the molecule is CCCCCCCCCCCCCCCCCCC(=O)OC[C@H](COP(=O)(O)O)OC(=O)CCCCCCCCCCCCCCC. The lowest BCUT2D eigenvalue weighted by molar-refractivity contribution is -0.161. The van der Waals surface area contributed by atoms with E-state index in [-0.39, 0.29) is 19.4 Å². The Balaban J connectivity index is 3.88. The molecule has 0 aliphatic carbocycles. The first-order valence-electron chi connectivity index (χ1n) is 19.8. The molecule has 0 saturated heterocycles. The van der Waals surface area contributed by atoms with Crippen molar-refractivity contribution in [1.29, 1.82) is 0 Å². The fourth-order valence-corrected chi connectivity index (χ4v) is 6.26. The third-order valence-electron chi connectivity index (χ3n) is 8.88. The van der Waals surface area contributed by atoms with E-state index in [0.717, 1.165) is 32.1 Å². The van der Waals surface area contributed by atoms with Gasteiger partial charge in [-0.25, -0.2) is 4.57 Å². The number of phosphoric acid groups is 1. The maximum Gasteiger partial charge on any atom is 0.469 e. The summed E-state index contributed by atoms with van der Waals surface area (Å²) in [6, 6.07) is 0. The van der Waals surface area contributed by atoms with E-state index in [1.807, 2.05) is 0 Å². The van der Waals surface area contributed by atoms with Gasteiger partial charge in [-0.3, -0.25) is 14.1 Å². The highest BCUT2D eigenvalue weighted by Crippen LogP contribution is 2.36. The zero-order chi connectivity index (χ0) is 34.7. The predicted molar refractivity (Wildman–Crippen MR) is 193 cm³/mol. The van der Waals surface area contributed by atoms with Crippen molar-refractivity contribution in [3.63, 3.8) is 0 Å². The van der Waals surface area contributed by atoms with E-state index in [9.17, 15) is 14.2 Å². The molecule has 8 nitrogen and oxygen atoms in total. The van der Waals surface area contributed by atoms with Gasteiger partial charge in [0.2, 0.25) is 0 Å². The summed E-state index contributed by atoms with van der Waals surface area (Å²) in [4.78, 5) is 42.7. The summed E-state index contributed by atoms with van der Waals surface area (Å²) in [7, 11) is -4.74. The molecule has 0 aliphatic rings. The number of carbonyl (C=O) groups excluding carboxylic acids is 2. The van der Waals surface area contributed by atoms with Crippen molar-refractivity contribution in [3.8, 4) is 0 Å². The number of ether oxygens (including phenoxy) is 2. The summed E-state index contributed by atoms with van der Waals surface area (Å²) in [5, 5.41) is 0. The minimum atomic E-state index is -4.74. The highest BCUT2D eigenvalue weighted by molar-refractivity contribution is 7.46. The second kappa shape index (κ2) is 34.9. The van der Waals surface area contributed by atoms with Crippen molar-refractivity contribution in [2.24, 2.45) is 0 Å². The van der Waals surface area contributed by atoms with Gasteiger partial charge in [-0.15, -0.1) is 0 Å². The monoisotopic (exact) mass is 691 g/mol. The number of unbranched alkanes of at least 4 members (excludes halogenated alkanes) is 27. The van der Waals surface area contributed by atoms with Crippen LogP contribution in [0.2, 0.25) is 0 Å². The standard InChI is InChI=1S/C38H75O8P/c1-3-5-7-9-11-13-15-17-18-19-21-22-24-26-28-30-32-37(39)44-34-36(35-45-47(41,42)43)46-38(40)33-31-29-27-25-23-20-16-14-12-10-8-6-4-2/h36H,3-35H2,1-2H3,(H2,41,42,43)/t36-/m1/s1. The van der Waals surface area contributed by atoms with Gasteiger partial charge >= 0.3 is 19.8 Å². The van der Waals surface area contributed by atoms with Crippen LogP contribution in [-0.4, -0.2) is 41.0 Å². The van der Waals surface area contributed by atoms with Crippen molar-refractivity contribution < 1.29 is 37.9 Å². The molecule has 2 N–H and O–H groups in total. The fourth-order valence-electron chi connectivity index (χ4n) is 5.90. The average molecular weight is 691 g/mol. The van der Waals surface area contributed by atoms with Gasteiger partial charge in [0.05, 0.1) is 6.61 Å². The van der Waals surface area contributed by atoms with E-state index in [4.69, 9.17) is 19.3 Å². The zero-order valence-corrected chi connectivity index (χ0v) is 31.6. The predicted octanol–water partition coefficient (Wildman–Crippen LogP) is 11.7. The van der Waals surface area contributed by atoms with Crippen molar-refractivity contribution in [1.82, 2.24) is 0 Å². The summed E-state index contributed by atoms with van der Waals surface area (Å²) >= 11 is 0. The summed E-state index contributed by atoms with van der Waals surface area (Å²) in [5.74, 6) is -0.870. The van der Waals surface area contributed by atoms with Gasteiger partial charge in [0, 0.05) is 12.8 Å². The van der Waals surface area contributed by atoms with Crippen molar-refractivity contribution >= 4 is 19.8 Å². The van der Waals surface area contributed by atoms with Crippen molar-refractivity contribution in [2.75, 3.05) is 13.2 Å². The molecule has 0 aromatic carbocycles. The topological polar surface area (TPSA) is 119 Å². The normalized spacial score (nSPS) is 12.3. The number of rotatable bonds is 37. The summed E-state index contributed by atoms with van der Waals surface area (Å²) in [6.07, 6.45) is 35.3. The van der Waals surface area contributed by atoms with Gasteiger partial charge in [0.1, 0.15) is 6.61 Å². The molecule has 0 aromatic rings. The van der Waals surface area contributed by atoms with Crippen LogP contribution in [0.15, 0.2) is 0 Å². The van der Waals surface area contributed by atoms with Gasteiger partial charge in [-0.1, -0.05) is 187 Å². The first-order chi connectivity index (χ1) is 22.8. The van der Waals surface area contributed by atoms with E-state index >= 15 is 0 Å². The van der Waals surface area contributed by atoms with Crippen LogP contribution in [0, 0.1) is 0 Å². The van der Waals surface area contributed by atoms with Crippen LogP contribution in [0.4, 0.5) is 0 Å². The van der Waals surface area contributed by atoms with E-state index < -0.39 is 32.5 Å². The first-order valence-corrected chi connectivity index (χ1v) is 21.4. The van der Waals surface area contributed by atoms with Crippen LogP contribution in [0.25, 0.3) is 0 Å². The Morgan fingerprint density at radius 2 is 0.766 bits per heavy atom. The zero-order valence-electron chi connectivity index (χ0n) is 30.7. The molecule has 0 heterocycles. The van der Waals surface area contributed by atoms with Crippen LogP contribution < -0.4 is 0 Å². The Hall–Kier alpha value is -0.950. The molecule has 0 rings (SSSR count). The van der Waals surface area contributed by atoms with E-state index in [1.165, 1.54) is 148 Å². The summed E-state index contributed by atoms with van der Waals surface area (Å²) < 4.78 is 26.3. The quantitative estimate of drug-likeness (QED) is 0.0375. The van der Waals surface area contributed by atoms with E-state index in [2.05, 4.69) is 18.4 Å². The van der Waals surface area contributed by atoms with Crippen LogP contribution in [0.5, 0.6) is 0 Å². The molecule has 1 atom stereocenters. The number of hydrogen-bond donors (Lipinski definition) is 2. The molecule has 0 aromatic heterocycles. The van der Waals surface area contributed by atoms with Crippen molar-refractivity contribution in [3.05, 3.63) is 0 Å². The Kier molecular flexibility index (Phi) is 34.2. The lowest BCUT2D eigenvalue weighted by Gasteiger charge is -2.18.